The molecule has 0 aromatic heterocycles. The minimum absolute atomic E-state index is 0.860. The Hall–Kier alpha value is -1.24. The van der Waals surface area contributed by atoms with Crippen LogP contribution in [0.4, 0.5) is 5.69 Å². The Kier molecular flexibility index (Phi) is 1.25. The fourth-order valence-electron chi connectivity index (χ4n) is 1.51. The summed E-state index contributed by atoms with van der Waals surface area (Å²) in [5.41, 5.74) is 10.6. The molecule has 2 N–H and O–H groups in total. The molecule has 0 aliphatic heterocycles. The van der Waals surface area contributed by atoms with Crippen LogP contribution in [0.1, 0.15) is 18.1 Å². The molecule has 0 amide bonds. The van der Waals surface area contributed by atoms with E-state index in [-0.39, 0.29) is 0 Å². The quantitative estimate of drug-likeness (QED) is 0.556. The zero-order valence-corrected chi connectivity index (χ0v) is 6.59. The highest BCUT2D eigenvalue weighted by molar-refractivity contribution is 5.73. The molecule has 0 saturated heterocycles. The van der Waals surface area contributed by atoms with Crippen molar-refractivity contribution in [2.45, 2.75) is 13.3 Å². The molecule has 11 heavy (non-hydrogen) atoms. The summed E-state index contributed by atoms with van der Waals surface area (Å²) in [6.07, 6.45) is 3.31. The fourth-order valence-corrected chi connectivity index (χ4v) is 1.51. The predicted octanol–water partition coefficient (Wildman–Crippen LogP) is 2.23. The van der Waals surface area contributed by atoms with E-state index in [9.17, 15) is 0 Å². The van der Waals surface area contributed by atoms with Gasteiger partial charge in [-0.15, -0.1) is 0 Å². The number of nitrogen functional groups attached to an aromatic ring is 1. The van der Waals surface area contributed by atoms with Crippen LogP contribution >= 0.6 is 0 Å². The van der Waals surface area contributed by atoms with Crippen LogP contribution in [-0.4, -0.2) is 0 Å². The van der Waals surface area contributed by atoms with Crippen LogP contribution in [0.5, 0.6) is 0 Å². The van der Waals surface area contributed by atoms with Crippen molar-refractivity contribution in [3.8, 4) is 0 Å². The Morgan fingerprint density at radius 3 is 3.00 bits per heavy atom. The van der Waals surface area contributed by atoms with Gasteiger partial charge in [0.25, 0.3) is 0 Å². The van der Waals surface area contributed by atoms with Crippen molar-refractivity contribution in [3.05, 3.63) is 35.4 Å². The third-order valence-electron chi connectivity index (χ3n) is 2.19. The molecule has 0 bridgehead atoms. The van der Waals surface area contributed by atoms with Crippen LogP contribution in [0, 0.1) is 0 Å². The Morgan fingerprint density at radius 1 is 1.36 bits per heavy atom. The second kappa shape index (κ2) is 2.12. The molecule has 56 valence electrons. The van der Waals surface area contributed by atoms with Crippen molar-refractivity contribution < 1.29 is 0 Å². The van der Waals surface area contributed by atoms with Gasteiger partial charge in [0.05, 0.1) is 0 Å². The lowest BCUT2D eigenvalue weighted by molar-refractivity contribution is 1.31. The summed E-state index contributed by atoms with van der Waals surface area (Å²) in [5, 5.41) is 0. The summed E-state index contributed by atoms with van der Waals surface area (Å²) in [7, 11) is 0. The zero-order chi connectivity index (χ0) is 7.84. The highest BCUT2D eigenvalue weighted by Crippen LogP contribution is 2.28. The van der Waals surface area contributed by atoms with Crippen LogP contribution in [0.2, 0.25) is 0 Å². The second-order valence-corrected chi connectivity index (χ2v) is 3.01. The topological polar surface area (TPSA) is 26.0 Å². The average Bonchev–Trinajstić information content (AvgIpc) is 2.33. The number of hydrogen-bond donors (Lipinski definition) is 1. The van der Waals surface area contributed by atoms with E-state index < -0.39 is 0 Å². The van der Waals surface area contributed by atoms with Crippen molar-refractivity contribution in [1.82, 2.24) is 0 Å². The van der Waals surface area contributed by atoms with Gasteiger partial charge in [0.2, 0.25) is 0 Å². The van der Waals surface area contributed by atoms with Gasteiger partial charge in [0.15, 0.2) is 0 Å². The molecule has 2 rings (SSSR count). The van der Waals surface area contributed by atoms with Gasteiger partial charge in [-0.3, -0.25) is 0 Å². The molecular weight excluding hydrogens is 134 g/mol. The first kappa shape index (κ1) is 6.47. The number of benzene rings is 1. The van der Waals surface area contributed by atoms with Gasteiger partial charge < -0.3 is 5.73 Å². The first-order valence-electron chi connectivity index (χ1n) is 3.83. The first-order valence-corrected chi connectivity index (χ1v) is 3.83. The normalized spacial score (nSPS) is 14.5. The molecular formula is C10H11N. The van der Waals surface area contributed by atoms with Crippen LogP contribution in [-0.2, 0) is 6.42 Å². The maximum absolute atomic E-state index is 5.67. The number of nitrogens with two attached hydrogens (primary N) is 1. The molecule has 0 radical (unpaired) electrons. The van der Waals surface area contributed by atoms with Crippen molar-refractivity contribution in [2.24, 2.45) is 0 Å². The fraction of sp³-hybridized carbons (Fsp3) is 0.200. The van der Waals surface area contributed by atoms with Crippen LogP contribution < -0.4 is 5.73 Å². The lowest BCUT2D eigenvalue weighted by Crippen LogP contribution is -1.88. The molecule has 1 aromatic carbocycles. The average molecular weight is 145 g/mol. The Morgan fingerprint density at radius 2 is 2.18 bits per heavy atom. The Labute approximate surface area is 66.5 Å². The standard InChI is InChI=1S/C10H11N/c1-7-2-3-8-4-5-9(11)6-10(7)8/h2,4-6H,3,11H2,1H3. The number of hydrogen-bond acceptors (Lipinski definition) is 1. The molecule has 1 aliphatic rings. The number of allylic oxidation sites excluding steroid dienone is 2. The largest absolute Gasteiger partial charge is 0.399 e. The van der Waals surface area contributed by atoms with Gasteiger partial charge in [-0.1, -0.05) is 12.1 Å². The summed E-state index contributed by atoms with van der Waals surface area (Å²) in [5.74, 6) is 0. The molecule has 0 heterocycles. The SMILES string of the molecule is CC1=CCc2ccc(N)cc21. The maximum atomic E-state index is 5.67. The Balaban J connectivity index is 2.60. The third kappa shape index (κ3) is 0.929. The molecule has 0 atom stereocenters. The minimum Gasteiger partial charge on any atom is -0.399 e. The van der Waals surface area contributed by atoms with E-state index in [1.54, 1.807) is 0 Å². The molecule has 1 aliphatic carbocycles. The number of fused-ring (bicyclic) bond motifs is 1. The van der Waals surface area contributed by atoms with Crippen LogP contribution in [0.15, 0.2) is 24.3 Å². The highest BCUT2D eigenvalue weighted by Gasteiger charge is 2.09. The Bertz CT molecular complexity index is 324. The van der Waals surface area contributed by atoms with Gasteiger partial charge in [-0.2, -0.15) is 0 Å². The first-order chi connectivity index (χ1) is 5.27. The van der Waals surface area contributed by atoms with Gasteiger partial charge >= 0.3 is 0 Å². The van der Waals surface area contributed by atoms with E-state index in [4.69, 9.17) is 5.73 Å². The van der Waals surface area contributed by atoms with E-state index in [1.165, 1.54) is 16.7 Å². The lowest BCUT2D eigenvalue weighted by Gasteiger charge is -2.01. The summed E-state index contributed by atoms with van der Waals surface area (Å²) in [6.45, 7) is 2.13. The number of anilines is 1. The maximum Gasteiger partial charge on any atom is 0.0320 e. The second-order valence-electron chi connectivity index (χ2n) is 3.01. The summed E-state index contributed by atoms with van der Waals surface area (Å²) in [6, 6.07) is 6.12. The molecule has 1 heteroatoms. The van der Waals surface area contributed by atoms with E-state index in [1.807, 2.05) is 12.1 Å². The van der Waals surface area contributed by atoms with E-state index in [0.717, 1.165) is 12.1 Å². The van der Waals surface area contributed by atoms with Gasteiger partial charge in [0.1, 0.15) is 0 Å². The zero-order valence-electron chi connectivity index (χ0n) is 6.59. The summed E-state index contributed by atoms with van der Waals surface area (Å²) >= 11 is 0. The third-order valence-corrected chi connectivity index (χ3v) is 2.19. The van der Waals surface area contributed by atoms with Crippen molar-refractivity contribution in [3.63, 3.8) is 0 Å². The van der Waals surface area contributed by atoms with E-state index in [2.05, 4.69) is 19.1 Å². The van der Waals surface area contributed by atoms with Gasteiger partial charge in [0, 0.05) is 5.69 Å². The lowest BCUT2D eigenvalue weighted by atomic mass is 10.1. The van der Waals surface area contributed by atoms with Gasteiger partial charge in [-0.05, 0) is 42.2 Å². The van der Waals surface area contributed by atoms with Crippen LogP contribution in [0.25, 0.3) is 5.57 Å². The van der Waals surface area contributed by atoms with Crippen molar-refractivity contribution in [2.75, 3.05) is 5.73 Å². The monoisotopic (exact) mass is 145 g/mol. The molecule has 0 fully saturated rings. The summed E-state index contributed by atoms with van der Waals surface area (Å²) in [4.78, 5) is 0. The molecule has 1 nitrogen and oxygen atoms in total. The molecule has 0 unspecified atom stereocenters. The summed E-state index contributed by atoms with van der Waals surface area (Å²) < 4.78 is 0. The molecule has 1 aromatic rings. The number of rotatable bonds is 0. The van der Waals surface area contributed by atoms with Crippen molar-refractivity contribution in [1.29, 1.82) is 0 Å². The van der Waals surface area contributed by atoms with Crippen molar-refractivity contribution >= 4 is 11.3 Å². The van der Waals surface area contributed by atoms with Gasteiger partial charge in [-0.25, -0.2) is 0 Å². The minimum atomic E-state index is 0.860. The highest BCUT2D eigenvalue weighted by atomic mass is 14.5. The predicted molar refractivity (Wildman–Crippen MR) is 48.2 cm³/mol. The molecule has 0 saturated carbocycles. The molecule has 0 spiro atoms. The van der Waals surface area contributed by atoms with Crippen LogP contribution in [0.3, 0.4) is 0 Å². The smallest absolute Gasteiger partial charge is 0.0320 e. The van der Waals surface area contributed by atoms with E-state index in [0.29, 0.717) is 0 Å². The van der Waals surface area contributed by atoms with E-state index >= 15 is 0 Å².